The average molecular weight is 384 g/mol. The third-order valence-electron chi connectivity index (χ3n) is 7.24. The predicted molar refractivity (Wildman–Crippen MR) is 104 cm³/mol. The van der Waals surface area contributed by atoms with Crippen molar-refractivity contribution in [1.82, 2.24) is 10.2 Å². The Morgan fingerprint density at radius 2 is 1.65 bits per heavy atom. The molecule has 5 fully saturated rings. The van der Waals surface area contributed by atoms with E-state index in [1.807, 2.05) is 4.90 Å². The first-order valence-electron chi connectivity index (χ1n) is 10.4. The summed E-state index contributed by atoms with van der Waals surface area (Å²) in [6.45, 7) is 2.10. The highest BCUT2D eigenvalue weighted by molar-refractivity contribution is 5.91. The van der Waals surface area contributed by atoms with Crippen LogP contribution < -0.4 is 11.1 Å². The molecule has 0 aromatic rings. The van der Waals surface area contributed by atoms with Gasteiger partial charge in [0.2, 0.25) is 11.8 Å². The summed E-state index contributed by atoms with van der Waals surface area (Å²) in [6, 6.07) is -0.238. The lowest BCUT2D eigenvalue weighted by molar-refractivity contribution is -0.160. The van der Waals surface area contributed by atoms with Gasteiger partial charge in [-0.3, -0.25) is 9.59 Å². The third kappa shape index (κ3) is 3.62. The quantitative estimate of drug-likeness (QED) is 0.692. The number of amides is 2. The van der Waals surface area contributed by atoms with E-state index in [-0.39, 0.29) is 29.8 Å². The Kier molecular flexibility index (Phi) is 6.18. The maximum Gasteiger partial charge on any atom is 0.242 e. The molecule has 26 heavy (non-hydrogen) atoms. The fourth-order valence-electron chi connectivity index (χ4n) is 6.56. The van der Waals surface area contributed by atoms with E-state index in [1.54, 1.807) is 0 Å². The van der Waals surface area contributed by atoms with E-state index < -0.39 is 0 Å². The van der Waals surface area contributed by atoms with Crippen molar-refractivity contribution in [1.29, 1.82) is 0 Å². The fraction of sp³-hybridized carbons (Fsp3) is 0.900. The summed E-state index contributed by atoms with van der Waals surface area (Å²) in [5, 5.41) is 3.03. The Morgan fingerprint density at radius 1 is 1.04 bits per heavy atom. The first-order valence-corrected chi connectivity index (χ1v) is 10.4. The highest BCUT2D eigenvalue weighted by Gasteiger charge is 2.56. The van der Waals surface area contributed by atoms with Crippen LogP contribution in [0.3, 0.4) is 0 Å². The van der Waals surface area contributed by atoms with Gasteiger partial charge < -0.3 is 16.0 Å². The molecule has 1 heterocycles. The van der Waals surface area contributed by atoms with Crippen LogP contribution in [-0.2, 0) is 9.59 Å². The Morgan fingerprint density at radius 3 is 2.23 bits per heavy atom. The smallest absolute Gasteiger partial charge is 0.242 e. The number of nitrogens with two attached hydrogens (primary N) is 1. The summed E-state index contributed by atoms with van der Waals surface area (Å²) in [6.07, 6.45) is 10.9. The van der Waals surface area contributed by atoms with Crippen molar-refractivity contribution in [3.63, 3.8) is 0 Å². The molecule has 0 spiro atoms. The zero-order valence-electron chi connectivity index (χ0n) is 15.8. The number of carbonyl (C=O) groups is 2. The van der Waals surface area contributed by atoms with Gasteiger partial charge in [-0.1, -0.05) is 0 Å². The first kappa shape index (κ1) is 19.9. The molecule has 1 unspecified atom stereocenters. The number of likely N-dealkylation sites (tertiary alicyclic amines) is 1. The molecular formula is C20H34ClN3O2. The van der Waals surface area contributed by atoms with Gasteiger partial charge in [0.1, 0.15) is 6.04 Å². The van der Waals surface area contributed by atoms with Gasteiger partial charge in [-0.2, -0.15) is 0 Å². The monoisotopic (exact) mass is 383 g/mol. The van der Waals surface area contributed by atoms with Crippen LogP contribution in [0.1, 0.15) is 64.2 Å². The summed E-state index contributed by atoms with van der Waals surface area (Å²) in [4.78, 5) is 28.1. The fourth-order valence-corrected chi connectivity index (χ4v) is 6.56. The van der Waals surface area contributed by atoms with Gasteiger partial charge in [-0.15, -0.1) is 12.4 Å². The van der Waals surface area contributed by atoms with Gasteiger partial charge in [-0.05, 0) is 88.5 Å². The molecule has 1 saturated heterocycles. The van der Waals surface area contributed by atoms with E-state index in [1.165, 1.54) is 19.3 Å². The van der Waals surface area contributed by atoms with Crippen molar-refractivity contribution in [3.05, 3.63) is 0 Å². The molecule has 5 nitrogen and oxygen atoms in total. The minimum Gasteiger partial charge on any atom is -0.354 e. The van der Waals surface area contributed by atoms with Crippen molar-refractivity contribution in [2.45, 2.75) is 70.3 Å². The molecule has 148 valence electrons. The summed E-state index contributed by atoms with van der Waals surface area (Å²) >= 11 is 0. The van der Waals surface area contributed by atoms with E-state index in [0.29, 0.717) is 19.0 Å². The van der Waals surface area contributed by atoms with Crippen molar-refractivity contribution < 1.29 is 9.59 Å². The maximum atomic E-state index is 13.5. The number of hydrogen-bond donors (Lipinski definition) is 2. The lowest BCUT2D eigenvalue weighted by Gasteiger charge is -2.56. The summed E-state index contributed by atoms with van der Waals surface area (Å²) in [7, 11) is 0. The second-order valence-electron chi connectivity index (χ2n) is 9.14. The maximum absolute atomic E-state index is 13.5. The van der Waals surface area contributed by atoms with Crippen LogP contribution in [0, 0.1) is 23.2 Å². The predicted octanol–water partition coefficient (Wildman–Crippen LogP) is 2.47. The van der Waals surface area contributed by atoms with Crippen LogP contribution in [0.2, 0.25) is 0 Å². The SMILES string of the molecule is Cl.NCCCCNC(=O)C1CCCN1C(=O)C12CC3CC(CC(C3)C1)C2. The lowest BCUT2D eigenvalue weighted by Crippen LogP contribution is -2.57. The van der Waals surface area contributed by atoms with Crippen molar-refractivity contribution >= 4 is 24.2 Å². The second-order valence-corrected chi connectivity index (χ2v) is 9.14. The number of hydrogen-bond acceptors (Lipinski definition) is 3. The minimum absolute atomic E-state index is 0. The van der Waals surface area contributed by atoms with Crippen LogP contribution >= 0.6 is 12.4 Å². The molecule has 6 heteroatoms. The molecule has 4 bridgehead atoms. The zero-order valence-corrected chi connectivity index (χ0v) is 16.6. The van der Waals surface area contributed by atoms with Crippen LogP contribution in [0.25, 0.3) is 0 Å². The normalized spacial score (nSPS) is 37.5. The van der Waals surface area contributed by atoms with Crippen molar-refractivity contribution in [2.24, 2.45) is 28.9 Å². The molecule has 0 radical (unpaired) electrons. The van der Waals surface area contributed by atoms with E-state index in [4.69, 9.17) is 5.73 Å². The van der Waals surface area contributed by atoms with E-state index in [2.05, 4.69) is 5.32 Å². The largest absolute Gasteiger partial charge is 0.354 e. The highest BCUT2D eigenvalue weighted by Crippen LogP contribution is 2.60. The first-order chi connectivity index (χ1) is 12.1. The molecule has 5 rings (SSSR count). The molecule has 5 aliphatic rings. The Hall–Kier alpha value is -0.810. The number of carbonyl (C=O) groups excluding carboxylic acids is 2. The van der Waals surface area contributed by atoms with Gasteiger partial charge in [0, 0.05) is 13.1 Å². The standard InChI is InChI=1S/C20H33N3O2.ClH/c21-5-1-2-6-22-18(24)17-4-3-7-23(17)19(25)20-11-14-8-15(12-20)10-16(9-14)13-20;/h14-17H,1-13,21H2,(H,22,24);1H. The molecule has 2 amide bonds. The molecule has 0 aromatic carbocycles. The molecule has 1 aliphatic heterocycles. The second kappa shape index (κ2) is 8.05. The van der Waals surface area contributed by atoms with Crippen LogP contribution in [0.15, 0.2) is 0 Å². The minimum atomic E-state index is -0.238. The lowest BCUT2D eigenvalue weighted by atomic mass is 9.49. The molecule has 3 N–H and O–H groups in total. The van der Waals surface area contributed by atoms with Crippen LogP contribution in [0.4, 0.5) is 0 Å². The topological polar surface area (TPSA) is 75.4 Å². The zero-order chi connectivity index (χ0) is 17.4. The van der Waals surface area contributed by atoms with Gasteiger partial charge in [0.05, 0.1) is 5.41 Å². The van der Waals surface area contributed by atoms with Gasteiger partial charge in [0.25, 0.3) is 0 Å². The third-order valence-corrected chi connectivity index (χ3v) is 7.24. The number of unbranched alkanes of at least 4 members (excludes halogenated alkanes) is 1. The van der Waals surface area contributed by atoms with Crippen LogP contribution in [-0.4, -0.2) is 42.4 Å². The number of rotatable bonds is 6. The number of halogens is 1. The highest BCUT2D eigenvalue weighted by atomic mass is 35.5. The van der Waals surface area contributed by atoms with Gasteiger partial charge in [0.15, 0.2) is 0 Å². The number of nitrogens with zero attached hydrogens (tertiary/aromatic N) is 1. The summed E-state index contributed by atoms with van der Waals surface area (Å²) < 4.78 is 0. The van der Waals surface area contributed by atoms with Crippen molar-refractivity contribution in [3.8, 4) is 0 Å². The molecule has 0 aromatic heterocycles. The molecular weight excluding hydrogens is 350 g/mol. The summed E-state index contributed by atoms with van der Waals surface area (Å²) in [5.74, 6) is 2.66. The Labute approximate surface area is 163 Å². The molecule has 4 aliphatic carbocycles. The Balaban J connectivity index is 0.00000196. The van der Waals surface area contributed by atoms with E-state index in [9.17, 15) is 9.59 Å². The summed E-state index contributed by atoms with van der Waals surface area (Å²) in [5.41, 5.74) is 5.38. The van der Waals surface area contributed by atoms with E-state index in [0.717, 1.165) is 69.2 Å². The Bertz CT molecular complexity index is 504. The van der Waals surface area contributed by atoms with Gasteiger partial charge in [-0.25, -0.2) is 0 Å². The van der Waals surface area contributed by atoms with Gasteiger partial charge >= 0.3 is 0 Å². The average Bonchev–Trinajstić information content (AvgIpc) is 3.06. The van der Waals surface area contributed by atoms with Crippen LogP contribution in [0.5, 0.6) is 0 Å². The van der Waals surface area contributed by atoms with Crippen molar-refractivity contribution in [2.75, 3.05) is 19.6 Å². The molecule has 4 saturated carbocycles. The number of nitrogens with one attached hydrogen (secondary N) is 1. The molecule has 1 atom stereocenters. The van der Waals surface area contributed by atoms with E-state index >= 15 is 0 Å².